The topological polar surface area (TPSA) is 123 Å². The molecular weight excluding hydrogens is 410 g/mol. The Balaban J connectivity index is 1.36. The molecule has 0 atom stereocenters. The number of amides is 1. The maximum Gasteiger partial charge on any atom is 0.272 e. The smallest absolute Gasteiger partial charge is 0.272 e. The molecule has 1 amide bonds. The van der Waals surface area contributed by atoms with Gasteiger partial charge in [0.2, 0.25) is 5.88 Å². The number of hydrogen-bond acceptors (Lipinski definition) is 8. The number of aryl methyl sites for hydroxylation is 2. The van der Waals surface area contributed by atoms with Crippen LogP contribution in [0.5, 0.6) is 5.88 Å². The summed E-state index contributed by atoms with van der Waals surface area (Å²) in [4.78, 5) is 16.8. The van der Waals surface area contributed by atoms with Crippen molar-refractivity contribution in [2.75, 3.05) is 0 Å². The molecule has 0 bridgehead atoms. The molecule has 0 saturated heterocycles. The molecule has 1 saturated carbocycles. The van der Waals surface area contributed by atoms with Gasteiger partial charge in [0.1, 0.15) is 18.1 Å². The normalized spacial score (nSPS) is 20.7. The predicted octanol–water partition coefficient (Wildman–Crippen LogP) is 3.15. The van der Waals surface area contributed by atoms with Gasteiger partial charge in [0.15, 0.2) is 5.69 Å². The van der Waals surface area contributed by atoms with Crippen LogP contribution in [-0.2, 0) is 6.61 Å². The van der Waals surface area contributed by atoms with Crippen molar-refractivity contribution in [1.82, 2.24) is 25.7 Å². The molecule has 1 fully saturated rings. The number of nitrogens with zero attached hydrogens (tertiary/aromatic N) is 4. The van der Waals surface area contributed by atoms with Gasteiger partial charge in [0.25, 0.3) is 5.91 Å². The number of pyridine rings is 1. The number of nitrogens with one attached hydrogen (secondary N) is 1. The standard InChI is InChI=1S/C23H27N5O4/c1-14-4-5-16(12-24-14)21-18(15(2)32-28-21)13-31-20-7-6-19(26-27-20)22(29)25-17-8-10-23(3,30)11-9-17/h4-7,12,17,30H,8-11,13H2,1-3H3,(H,25,29)/t17-,23-. The zero-order chi connectivity index (χ0) is 22.7. The minimum atomic E-state index is -0.640. The zero-order valence-electron chi connectivity index (χ0n) is 18.5. The molecule has 32 heavy (non-hydrogen) atoms. The summed E-state index contributed by atoms with van der Waals surface area (Å²) < 4.78 is 11.1. The fraction of sp³-hybridized carbons (Fsp3) is 0.435. The van der Waals surface area contributed by atoms with E-state index in [1.807, 2.05) is 32.9 Å². The highest BCUT2D eigenvalue weighted by Gasteiger charge is 2.29. The van der Waals surface area contributed by atoms with E-state index in [0.717, 1.165) is 29.7 Å². The summed E-state index contributed by atoms with van der Waals surface area (Å²) in [6.07, 6.45) is 4.56. The first-order chi connectivity index (χ1) is 15.3. The fourth-order valence-corrected chi connectivity index (χ4v) is 3.70. The van der Waals surface area contributed by atoms with Gasteiger partial charge in [-0.2, -0.15) is 0 Å². The lowest BCUT2D eigenvalue weighted by molar-refractivity contribution is 0.0140. The van der Waals surface area contributed by atoms with Gasteiger partial charge in [-0.1, -0.05) is 5.16 Å². The van der Waals surface area contributed by atoms with E-state index in [4.69, 9.17) is 9.26 Å². The summed E-state index contributed by atoms with van der Waals surface area (Å²) in [7, 11) is 0. The molecule has 168 valence electrons. The number of hydrogen-bond donors (Lipinski definition) is 2. The highest BCUT2D eigenvalue weighted by atomic mass is 16.5. The van der Waals surface area contributed by atoms with Crippen LogP contribution in [0.4, 0.5) is 0 Å². The van der Waals surface area contributed by atoms with Crippen molar-refractivity contribution < 1.29 is 19.2 Å². The van der Waals surface area contributed by atoms with E-state index >= 15 is 0 Å². The molecule has 9 heteroatoms. The van der Waals surface area contributed by atoms with E-state index in [9.17, 15) is 9.90 Å². The summed E-state index contributed by atoms with van der Waals surface area (Å²) >= 11 is 0. The maximum atomic E-state index is 12.5. The Hall–Kier alpha value is -3.33. The molecule has 0 aliphatic heterocycles. The molecule has 3 aromatic rings. The Kier molecular flexibility index (Phi) is 6.18. The third-order valence-electron chi connectivity index (χ3n) is 5.80. The molecule has 0 aromatic carbocycles. The number of aliphatic hydroxyl groups is 1. The van der Waals surface area contributed by atoms with Gasteiger partial charge in [-0.25, -0.2) is 0 Å². The Morgan fingerprint density at radius 2 is 2.00 bits per heavy atom. The minimum Gasteiger partial charge on any atom is -0.472 e. The van der Waals surface area contributed by atoms with Crippen LogP contribution in [-0.4, -0.2) is 43.0 Å². The number of aromatic nitrogens is 4. The van der Waals surface area contributed by atoms with Crippen LogP contribution < -0.4 is 10.1 Å². The quantitative estimate of drug-likeness (QED) is 0.603. The summed E-state index contributed by atoms with van der Waals surface area (Å²) in [5.41, 5.74) is 2.81. The van der Waals surface area contributed by atoms with Crippen molar-refractivity contribution in [3.05, 3.63) is 53.2 Å². The molecule has 1 aliphatic rings. The van der Waals surface area contributed by atoms with Crippen LogP contribution in [0.15, 0.2) is 35.0 Å². The second-order valence-corrected chi connectivity index (χ2v) is 8.54. The number of carbonyl (C=O) groups excluding carboxylic acids is 1. The highest BCUT2D eigenvalue weighted by molar-refractivity contribution is 5.92. The van der Waals surface area contributed by atoms with Crippen LogP contribution in [0.1, 0.15) is 60.1 Å². The van der Waals surface area contributed by atoms with Gasteiger partial charge in [-0.3, -0.25) is 9.78 Å². The second kappa shape index (κ2) is 9.04. The number of rotatable bonds is 6. The summed E-state index contributed by atoms with van der Waals surface area (Å²) in [5.74, 6) is 0.666. The lowest BCUT2D eigenvalue weighted by Gasteiger charge is -2.33. The van der Waals surface area contributed by atoms with E-state index in [-0.39, 0.29) is 24.2 Å². The van der Waals surface area contributed by atoms with Crippen LogP contribution in [0.25, 0.3) is 11.3 Å². The number of carbonyl (C=O) groups is 1. The van der Waals surface area contributed by atoms with E-state index in [2.05, 4.69) is 25.7 Å². The molecule has 1 aliphatic carbocycles. The minimum absolute atomic E-state index is 0.0340. The first kappa shape index (κ1) is 21.9. The van der Waals surface area contributed by atoms with Crippen molar-refractivity contribution >= 4 is 5.91 Å². The molecule has 0 spiro atoms. The molecule has 0 radical (unpaired) electrons. The lowest BCUT2D eigenvalue weighted by atomic mass is 9.83. The largest absolute Gasteiger partial charge is 0.472 e. The monoisotopic (exact) mass is 437 g/mol. The van der Waals surface area contributed by atoms with Crippen molar-refractivity contribution in [1.29, 1.82) is 0 Å². The summed E-state index contributed by atoms with van der Waals surface area (Å²) in [6, 6.07) is 7.08. The molecule has 0 unspecified atom stereocenters. The summed E-state index contributed by atoms with van der Waals surface area (Å²) in [6.45, 7) is 5.77. The zero-order valence-corrected chi connectivity index (χ0v) is 18.5. The molecule has 2 N–H and O–H groups in total. The third kappa shape index (κ3) is 5.11. The average molecular weight is 438 g/mol. The van der Waals surface area contributed by atoms with Crippen molar-refractivity contribution in [3.63, 3.8) is 0 Å². The first-order valence-corrected chi connectivity index (χ1v) is 10.7. The van der Waals surface area contributed by atoms with Crippen molar-refractivity contribution in [2.24, 2.45) is 0 Å². The van der Waals surface area contributed by atoms with Gasteiger partial charge in [-0.15, -0.1) is 10.2 Å². The van der Waals surface area contributed by atoms with Crippen molar-refractivity contribution in [3.8, 4) is 17.1 Å². The molecule has 9 nitrogen and oxygen atoms in total. The second-order valence-electron chi connectivity index (χ2n) is 8.54. The Morgan fingerprint density at radius 1 is 1.22 bits per heavy atom. The summed E-state index contributed by atoms with van der Waals surface area (Å²) in [5, 5.41) is 25.2. The maximum absolute atomic E-state index is 12.5. The lowest BCUT2D eigenvalue weighted by Crippen LogP contribution is -2.42. The van der Waals surface area contributed by atoms with E-state index in [0.29, 0.717) is 30.2 Å². The van der Waals surface area contributed by atoms with E-state index in [1.165, 1.54) is 0 Å². The molecule has 3 aromatic heterocycles. The van der Waals surface area contributed by atoms with Gasteiger partial charge < -0.3 is 19.7 Å². The van der Waals surface area contributed by atoms with Crippen molar-refractivity contribution in [2.45, 2.75) is 64.7 Å². The van der Waals surface area contributed by atoms with Crippen LogP contribution in [0.3, 0.4) is 0 Å². The predicted molar refractivity (Wildman–Crippen MR) is 116 cm³/mol. The molecular formula is C23H27N5O4. The SMILES string of the molecule is Cc1ccc(-c2noc(C)c2COc2ccc(C(=O)N[C@H]3CC[C@](C)(O)CC3)nn2)cn1. The highest BCUT2D eigenvalue weighted by Crippen LogP contribution is 2.28. The Bertz CT molecular complexity index is 1070. The Morgan fingerprint density at radius 3 is 2.66 bits per heavy atom. The van der Waals surface area contributed by atoms with Crippen LogP contribution in [0.2, 0.25) is 0 Å². The third-order valence-corrected chi connectivity index (χ3v) is 5.80. The van der Waals surface area contributed by atoms with Gasteiger partial charge >= 0.3 is 0 Å². The fourth-order valence-electron chi connectivity index (χ4n) is 3.70. The van der Waals surface area contributed by atoms with Gasteiger partial charge in [0.05, 0.1) is 11.2 Å². The van der Waals surface area contributed by atoms with Crippen LogP contribution >= 0.6 is 0 Å². The number of ether oxygens (including phenoxy) is 1. The molecule has 4 rings (SSSR count). The van der Waals surface area contributed by atoms with Crippen LogP contribution in [0, 0.1) is 13.8 Å². The van der Waals surface area contributed by atoms with E-state index < -0.39 is 5.60 Å². The Labute approximate surface area is 186 Å². The van der Waals surface area contributed by atoms with E-state index in [1.54, 1.807) is 18.3 Å². The average Bonchev–Trinajstić information content (AvgIpc) is 3.15. The van der Waals surface area contributed by atoms with Gasteiger partial charge in [0, 0.05) is 29.6 Å². The first-order valence-electron chi connectivity index (χ1n) is 10.7. The molecule has 3 heterocycles. The van der Waals surface area contributed by atoms with Gasteiger partial charge in [-0.05, 0) is 64.7 Å².